The molecule has 0 saturated carbocycles. The molecule has 1 amide bonds. The molecule has 1 unspecified atom stereocenters. The number of ether oxygens (including phenoxy) is 1. The van der Waals surface area contributed by atoms with Crippen molar-refractivity contribution in [1.82, 2.24) is 0 Å². The number of methoxy groups -OCH3 is 1. The molecule has 1 saturated heterocycles. The smallest absolute Gasteiger partial charge is 0.314 e. The standard InChI is InChI=1S/C14H15N3O5/c1-16-7-8(12(18)22-2)6-14(16)10-5-9(17(20)21)3-4-11(10)15-13(14)19/h3-5,8H,6-7H2,1-2H3,(H,15,19)/p+1/t8-,14-/m0/s1. The minimum Gasteiger partial charge on any atom is -0.469 e. The summed E-state index contributed by atoms with van der Waals surface area (Å²) in [6, 6.07) is 4.33. The van der Waals surface area contributed by atoms with Gasteiger partial charge < -0.3 is 15.0 Å². The lowest BCUT2D eigenvalue weighted by Gasteiger charge is -2.26. The van der Waals surface area contributed by atoms with Crippen molar-refractivity contribution in [3.05, 3.63) is 33.9 Å². The van der Waals surface area contributed by atoms with Gasteiger partial charge in [0.25, 0.3) is 11.6 Å². The Morgan fingerprint density at radius 3 is 2.91 bits per heavy atom. The summed E-state index contributed by atoms with van der Waals surface area (Å²) in [4.78, 5) is 35.7. The van der Waals surface area contributed by atoms with Gasteiger partial charge in [-0.15, -0.1) is 0 Å². The van der Waals surface area contributed by atoms with Gasteiger partial charge in [0.15, 0.2) is 0 Å². The molecule has 2 aliphatic heterocycles. The second kappa shape index (κ2) is 4.77. The number of likely N-dealkylation sites (N-methyl/N-ethyl adjacent to an activating group) is 1. The van der Waals surface area contributed by atoms with E-state index < -0.39 is 16.4 Å². The Balaban J connectivity index is 2.09. The molecule has 3 rings (SSSR count). The predicted molar refractivity (Wildman–Crippen MR) is 75.3 cm³/mol. The number of nitrogens with zero attached hydrogens (tertiary/aromatic N) is 1. The van der Waals surface area contributed by atoms with Crippen LogP contribution in [0, 0.1) is 16.0 Å². The Morgan fingerprint density at radius 1 is 1.55 bits per heavy atom. The summed E-state index contributed by atoms with van der Waals surface area (Å²) >= 11 is 0. The van der Waals surface area contributed by atoms with Gasteiger partial charge in [-0.25, -0.2) is 0 Å². The minimum atomic E-state index is -0.972. The third kappa shape index (κ3) is 1.80. The van der Waals surface area contributed by atoms with Crippen LogP contribution in [0.5, 0.6) is 0 Å². The number of likely N-dealkylation sites (tertiary alicyclic amines) is 1. The molecule has 116 valence electrons. The van der Waals surface area contributed by atoms with E-state index in [0.29, 0.717) is 17.8 Å². The Bertz CT molecular complexity index is 689. The van der Waals surface area contributed by atoms with Gasteiger partial charge in [0.2, 0.25) is 5.54 Å². The molecule has 2 heterocycles. The summed E-state index contributed by atoms with van der Waals surface area (Å²) in [5.41, 5.74) is 0.111. The maximum Gasteiger partial charge on any atom is 0.314 e. The first kappa shape index (κ1) is 14.5. The third-order valence-electron chi connectivity index (χ3n) is 4.68. The minimum absolute atomic E-state index is 0.0658. The molecule has 0 bridgehead atoms. The van der Waals surface area contributed by atoms with Gasteiger partial charge in [0.05, 0.1) is 36.9 Å². The highest BCUT2D eigenvalue weighted by molar-refractivity contribution is 6.05. The Labute approximate surface area is 126 Å². The number of esters is 1. The van der Waals surface area contributed by atoms with Crippen LogP contribution in [0.15, 0.2) is 18.2 Å². The summed E-state index contributed by atoms with van der Waals surface area (Å²) in [5, 5.41) is 13.8. The third-order valence-corrected chi connectivity index (χ3v) is 4.68. The molecule has 1 spiro atoms. The molecular weight excluding hydrogens is 290 g/mol. The summed E-state index contributed by atoms with van der Waals surface area (Å²) in [6.45, 7) is 0.447. The van der Waals surface area contributed by atoms with Crippen LogP contribution in [0.25, 0.3) is 0 Å². The van der Waals surface area contributed by atoms with Crippen LogP contribution >= 0.6 is 0 Å². The highest BCUT2D eigenvalue weighted by Crippen LogP contribution is 2.42. The molecule has 0 radical (unpaired) electrons. The van der Waals surface area contributed by atoms with E-state index in [4.69, 9.17) is 4.74 Å². The summed E-state index contributed by atoms with van der Waals surface area (Å²) < 4.78 is 4.78. The number of carbonyl (C=O) groups excluding carboxylic acids is 2. The number of quaternary nitrogens is 1. The number of rotatable bonds is 2. The van der Waals surface area contributed by atoms with Gasteiger partial charge in [0, 0.05) is 18.6 Å². The van der Waals surface area contributed by atoms with Crippen LogP contribution < -0.4 is 10.2 Å². The summed E-state index contributed by atoms with van der Waals surface area (Å²) in [7, 11) is 3.13. The van der Waals surface area contributed by atoms with Gasteiger partial charge in [-0.1, -0.05) is 0 Å². The molecule has 1 aromatic carbocycles. The van der Waals surface area contributed by atoms with E-state index in [0.717, 1.165) is 4.90 Å². The molecule has 1 aromatic rings. The number of benzene rings is 1. The molecule has 3 atom stereocenters. The Hall–Kier alpha value is -2.48. The molecule has 0 aliphatic carbocycles. The highest BCUT2D eigenvalue weighted by Gasteiger charge is 2.61. The zero-order chi connectivity index (χ0) is 16.1. The van der Waals surface area contributed by atoms with Crippen molar-refractivity contribution in [2.45, 2.75) is 12.0 Å². The summed E-state index contributed by atoms with van der Waals surface area (Å²) in [5.74, 6) is -0.990. The van der Waals surface area contributed by atoms with E-state index in [1.54, 1.807) is 6.07 Å². The average Bonchev–Trinajstić information content (AvgIpc) is 2.98. The molecule has 1 fully saturated rings. The first-order valence-corrected chi connectivity index (χ1v) is 6.91. The van der Waals surface area contributed by atoms with E-state index in [1.807, 2.05) is 7.05 Å². The lowest BCUT2D eigenvalue weighted by molar-refractivity contribution is -0.917. The van der Waals surface area contributed by atoms with Crippen molar-refractivity contribution in [3.8, 4) is 0 Å². The van der Waals surface area contributed by atoms with Crippen LogP contribution in [-0.2, 0) is 19.9 Å². The van der Waals surface area contributed by atoms with Crippen molar-refractivity contribution in [1.29, 1.82) is 0 Å². The quantitative estimate of drug-likeness (QED) is 0.433. The molecule has 22 heavy (non-hydrogen) atoms. The number of amides is 1. The number of nitrogens with one attached hydrogen (secondary N) is 2. The van der Waals surface area contributed by atoms with Crippen LogP contribution in [0.4, 0.5) is 11.4 Å². The molecule has 0 aromatic heterocycles. The molecule has 2 aliphatic rings. The van der Waals surface area contributed by atoms with Crippen LogP contribution in [0.2, 0.25) is 0 Å². The van der Waals surface area contributed by atoms with Crippen molar-refractivity contribution >= 4 is 23.3 Å². The van der Waals surface area contributed by atoms with Gasteiger partial charge in [-0.05, 0) is 6.07 Å². The van der Waals surface area contributed by atoms with Crippen molar-refractivity contribution < 1.29 is 24.1 Å². The topological polar surface area (TPSA) is 103 Å². The van der Waals surface area contributed by atoms with E-state index in [9.17, 15) is 19.7 Å². The Morgan fingerprint density at radius 2 is 2.27 bits per heavy atom. The lowest BCUT2D eigenvalue weighted by atomic mass is 9.86. The number of nitro benzene ring substituents is 1. The van der Waals surface area contributed by atoms with Gasteiger partial charge in [-0.3, -0.25) is 19.7 Å². The maximum atomic E-state index is 12.5. The fourth-order valence-corrected chi connectivity index (χ4v) is 3.58. The fraction of sp³-hybridized carbons (Fsp3) is 0.429. The maximum absolute atomic E-state index is 12.5. The molecular formula is C14H16N3O5+. The lowest BCUT2D eigenvalue weighted by Crippen LogP contribution is -3.15. The second-order valence-electron chi connectivity index (χ2n) is 5.76. The van der Waals surface area contributed by atoms with Gasteiger partial charge in [0.1, 0.15) is 5.92 Å². The predicted octanol–water partition coefficient (Wildman–Crippen LogP) is -0.550. The zero-order valence-electron chi connectivity index (χ0n) is 12.2. The van der Waals surface area contributed by atoms with Crippen molar-refractivity contribution in [2.24, 2.45) is 5.92 Å². The Kier molecular flexibility index (Phi) is 3.13. The molecule has 8 heteroatoms. The largest absolute Gasteiger partial charge is 0.469 e. The number of carbonyl (C=O) groups is 2. The monoisotopic (exact) mass is 306 g/mol. The molecule has 2 N–H and O–H groups in total. The summed E-state index contributed by atoms with van der Waals surface area (Å²) in [6.07, 6.45) is 0.283. The normalized spacial score (nSPS) is 29.3. The zero-order valence-corrected chi connectivity index (χ0v) is 12.2. The van der Waals surface area contributed by atoms with Crippen LogP contribution in [0.1, 0.15) is 12.0 Å². The first-order valence-electron chi connectivity index (χ1n) is 6.91. The number of hydrogen-bond acceptors (Lipinski definition) is 5. The van der Waals surface area contributed by atoms with Gasteiger partial charge >= 0.3 is 5.97 Å². The fourth-order valence-electron chi connectivity index (χ4n) is 3.58. The number of non-ortho nitro benzene ring substituents is 1. The van der Waals surface area contributed by atoms with E-state index in [1.165, 1.54) is 19.2 Å². The van der Waals surface area contributed by atoms with Crippen molar-refractivity contribution in [3.63, 3.8) is 0 Å². The van der Waals surface area contributed by atoms with Crippen LogP contribution in [0.3, 0.4) is 0 Å². The van der Waals surface area contributed by atoms with E-state index >= 15 is 0 Å². The number of nitro groups is 1. The number of fused-ring (bicyclic) bond motifs is 2. The van der Waals surface area contributed by atoms with Gasteiger partial charge in [-0.2, -0.15) is 0 Å². The molecule has 8 nitrogen and oxygen atoms in total. The first-order chi connectivity index (χ1) is 10.4. The number of anilines is 1. The van der Waals surface area contributed by atoms with Crippen LogP contribution in [-0.4, -0.2) is 37.5 Å². The highest BCUT2D eigenvalue weighted by atomic mass is 16.6. The SMILES string of the molecule is COC(=O)[C@@H]1C[NH+](C)[C@]2(C1)C(=O)Nc1ccc([N+](=O)[O-])cc12. The van der Waals surface area contributed by atoms with Crippen molar-refractivity contribution in [2.75, 3.05) is 26.0 Å². The second-order valence-corrected chi connectivity index (χ2v) is 5.76. The average molecular weight is 306 g/mol. The van der Waals surface area contributed by atoms with E-state index in [-0.39, 0.29) is 24.0 Å². The van der Waals surface area contributed by atoms with E-state index in [2.05, 4.69) is 5.32 Å². The number of hydrogen-bond donors (Lipinski definition) is 2.